The van der Waals surface area contributed by atoms with Crippen LogP contribution >= 0.6 is 0 Å². The predicted molar refractivity (Wildman–Crippen MR) is 131 cm³/mol. The molecule has 0 aliphatic rings. The molecule has 4 aromatic carbocycles. The van der Waals surface area contributed by atoms with Crippen LogP contribution in [0.4, 0.5) is 11.4 Å². The van der Waals surface area contributed by atoms with E-state index in [0.717, 1.165) is 15.1 Å². The number of sulfonamides is 1. The second kappa shape index (κ2) is 9.75. The van der Waals surface area contributed by atoms with Crippen molar-refractivity contribution < 1.29 is 17.9 Å². The Morgan fingerprint density at radius 3 is 2.21 bits per heavy atom. The van der Waals surface area contributed by atoms with Crippen molar-refractivity contribution in [2.24, 2.45) is 0 Å². The zero-order chi connectivity index (χ0) is 23.3. The molecule has 0 atom stereocenters. The minimum Gasteiger partial charge on any atom is -0.494 e. The Labute approximate surface area is 193 Å². The van der Waals surface area contributed by atoms with Crippen LogP contribution in [0.25, 0.3) is 10.8 Å². The first-order valence-corrected chi connectivity index (χ1v) is 12.0. The van der Waals surface area contributed by atoms with Crippen molar-refractivity contribution in [3.8, 4) is 5.75 Å². The van der Waals surface area contributed by atoms with Crippen LogP contribution in [0.3, 0.4) is 0 Å². The van der Waals surface area contributed by atoms with E-state index >= 15 is 0 Å². The number of hydrogen-bond donors (Lipinski definition) is 1. The lowest BCUT2D eigenvalue weighted by Gasteiger charge is -2.24. The molecule has 0 fully saturated rings. The van der Waals surface area contributed by atoms with E-state index in [1.807, 2.05) is 43.3 Å². The summed E-state index contributed by atoms with van der Waals surface area (Å²) in [6, 6.07) is 28.2. The summed E-state index contributed by atoms with van der Waals surface area (Å²) in [4.78, 5) is 13.0. The summed E-state index contributed by atoms with van der Waals surface area (Å²) < 4.78 is 33.5. The third-order valence-electron chi connectivity index (χ3n) is 5.09. The molecule has 6 nitrogen and oxygen atoms in total. The molecule has 1 N–H and O–H groups in total. The van der Waals surface area contributed by atoms with Crippen LogP contribution in [-0.4, -0.2) is 27.5 Å². The summed E-state index contributed by atoms with van der Waals surface area (Å²) in [5.74, 6) is 0.139. The van der Waals surface area contributed by atoms with Gasteiger partial charge < -0.3 is 10.1 Å². The number of para-hydroxylation sites is 1. The summed E-state index contributed by atoms with van der Waals surface area (Å²) in [6.07, 6.45) is 0. The largest absolute Gasteiger partial charge is 0.494 e. The second-order valence-corrected chi connectivity index (χ2v) is 9.22. The quantitative estimate of drug-likeness (QED) is 0.398. The van der Waals surface area contributed by atoms with Crippen LogP contribution in [0.5, 0.6) is 5.75 Å². The SMILES string of the molecule is CCOc1ccc(S(=O)(=O)N(CC(=O)Nc2ccc3ccccc3c2)c2ccccc2)cc1. The van der Waals surface area contributed by atoms with Gasteiger partial charge in [0.05, 0.1) is 17.2 Å². The van der Waals surface area contributed by atoms with Gasteiger partial charge in [0.2, 0.25) is 5.91 Å². The average Bonchev–Trinajstić information content (AvgIpc) is 2.83. The molecule has 0 spiro atoms. The van der Waals surface area contributed by atoms with Gasteiger partial charge in [0.15, 0.2) is 0 Å². The number of carbonyl (C=O) groups is 1. The number of nitrogens with one attached hydrogen (secondary N) is 1. The second-order valence-electron chi connectivity index (χ2n) is 7.36. The molecule has 0 bridgehead atoms. The first-order valence-electron chi connectivity index (χ1n) is 10.6. The molecule has 4 aromatic rings. The highest BCUT2D eigenvalue weighted by Crippen LogP contribution is 2.25. The van der Waals surface area contributed by atoms with Gasteiger partial charge in [-0.1, -0.05) is 48.5 Å². The monoisotopic (exact) mass is 460 g/mol. The highest BCUT2D eigenvalue weighted by atomic mass is 32.2. The van der Waals surface area contributed by atoms with Crippen molar-refractivity contribution in [2.75, 3.05) is 22.8 Å². The third kappa shape index (κ3) is 5.15. The summed E-state index contributed by atoms with van der Waals surface area (Å²) in [6.45, 7) is 1.97. The van der Waals surface area contributed by atoms with Gasteiger partial charge in [-0.2, -0.15) is 0 Å². The van der Waals surface area contributed by atoms with Crippen molar-refractivity contribution in [2.45, 2.75) is 11.8 Å². The topological polar surface area (TPSA) is 75.7 Å². The lowest BCUT2D eigenvalue weighted by atomic mass is 10.1. The van der Waals surface area contributed by atoms with Gasteiger partial charge in [0.1, 0.15) is 12.3 Å². The maximum absolute atomic E-state index is 13.5. The van der Waals surface area contributed by atoms with Gasteiger partial charge in [0, 0.05) is 5.69 Å². The normalized spacial score (nSPS) is 11.2. The zero-order valence-corrected chi connectivity index (χ0v) is 19.0. The molecule has 0 radical (unpaired) electrons. The number of anilines is 2. The number of carbonyl (C=O) groups excluding carboxylic acids is 1. The molecule has 33 heavy (non-hydrogen) atoms. The molecule has 0 aliphatic heterocycles. The van der Waals surface area contributed by atoms with E-state index in [4.69, 9.17) is 4.74 Å². The lowest BCUT2D eigenvalue weighted by Crippen LogP contribution is -2.38. The fourth-order valence-corrected chi connectivity index (χ4v) is 4.93. The summed E-state index contributed by atoms with van der Waals surface area (Å²) in [7, 11) is -3.99. The van der Waals surface area contributed by atoms with Crippen LogP contribution in [0.15, 0.2) is 102 Å². The van der Waals surface area contributed by atoms with Crippen molar-refractivity contribution in [1.82, 2.24) is 0 Å². The molecular formula is C26H24N2O4S. The van der Waals surface area contributed by atoms with E-state index in [-0.39, 0.29) is 11.4 Å². The van der Waals surface area contributed by atoms with Gasteiger partial charge in [-0.25, -0.2) is 8.42 Å². The zero-order valence-electron chi connectivity index (χ0n) is 18.1. The number of ether oxygens (including phenoxy) is 1. The van der Waals surface area contributed by atoms with Crippen LogP contribution in [0.2, 0.25) is 0 Å². The van der Waals surface area contributed by atoms with Crippen LogP contribution in [0, 0.1) is 0 Å². The van der Waals surface area contributed by atoms with E-state index in [1.165, 1.54) is 12.1 Å². The lowest BCUT2D eigenvalue weighted by molar-refractivity contribution is -0.114. The molecule has 168 valence electrons. The predicted octanol–water partition coefficient (Wildman–Crippen LogP) is 5.07. The first kappa shape index (κ1) is 22.4. The Balaban J connectivity index is 1.60. The number of fused-ring (bicyclic) bond motifs is 1. The number of benzene rings is 4. The van der Waals surface area contributed by atoms with Crippen molar-refractivity contribution >= 4 is 38.1 Å². The van der Waals surface area contributed by atoms with E-state index in [1.54, 1.807) is 48.5 Å². The number of nitrogens with zero attached hydrogens (tertiary/aromatic N) is 1. The standard InChI is InChI=1S/C26H24N2O4S/c1-2-32-24-14-16-25(17-15-24)33(30,31)28(23-10-4-3-5-11-23)19-26(29)27-22-13-12-20-8-6-7-9-21(20)18-22/h3-18H,2,19H2,1H3,(H,27,29). The average molecular weight is 461 g/mol. The van der Waals surface area contributed by atoms with Gasteiger partial charge >= 0.3 is 0 Å². The molecule has 0 unspecified atom stereocenters. The van der Waals surface area contributed by atoms with Gasteiger partial charge in [-0.3, -0.25) is 9.10 Å². The van der Waals surface area contributed by atoms with Crippen molar-refractivity contribution in [3.05, 3.63) is 97.1 Å². The molecule has 7 heteroatoms. The summed E-state index contributed by atoms with van der Waals surface area (Å²) >= 11 is 0. The van der Waals surface area contributed by atoms with Crippen LogP contribution < -0.4 is 14.4 Å². The molecular weight excluding hydrogens is 436 g/mol. The molecule has 0 saturated carbocycles. The molecule has 4 rings (SSSR count). The minimum atomic E-state index is -3.99. The van der Waals surface area contributed by atoms with Gasteiger partial charge in [-0.15, -0.1) is 0 Å². The molecule has 0 aromatic heterocycles. The van der Waals surface area contributed by atoms with Gasteiger partial charge in [0.25, 0.3) is 10.0 Å². The van der Waals surface area contributed by atoms with Crippen molar-refractivity contribution in [1.29, 1.82) is 0 Å². The fraction of sp³-hybridized carbons (Fsp3) is 0.115. The Morgan fingerprint density at radius 1 is 0.848 bits per heavy atom. The summed E-state index contributed by atoms with van der Waals surface area (Å²) in [5.41, 5.74) is 1.00. The molecule has 0 aliphatic carbocycles. The first-order chi connectivity index (χ1) is 16.0. The summed E-state index contributed by atoms with van der Waals surface area (Å²) in [5, 5.41) is 4.86. The van der Waals surface area contributed by atoms with E-state index in [0.29, 0.717) is 23.7 Å². The maximum Gasteiger partial charge on any atom is 0.264 e. The van der Waals surface area contributed by atoms with Crippen molar-refractivity contribution in [3.63, 3.8) is 0 Å². The van der Waals surface area contributed by atoms with E-state index in [2.05, 4.69) is 5.32 Å². The van der Waals surface area contributed by atoms with Crippen LogP contribution in [0.1, 0.15) is 6.92 Å². The third-order valence-corrected chi connectivity index (χ3v) is 6.88. The molecule has 0 saturated heterocycles. The Hall–Kier alpha value is -3.84. The van der Waals surface area contributed by atoms with Crippen LogP contribution in [-0.2, 0) is 14.8 Å². The number of amides is 1. The Kier molecular flexibility index (Phi) is 6.60. The highest BCUT2D eigenvalue weighted by Gasteiger charge is 2.27. The molecule has 0 heterocycles. The Bertz CT molecular complexity index is 1350. The smallest absolute Gasteiger partial charge is 0.264 e. The van der Waals surface area contributed by atoms with Gasteiger partial charge in [-0.05, 0) is 66.2 Å². The van der Waals surface area contributed by atoms with E-state index in [9.17, 15) is 13.2 Å². The Morgan fingerprint density at radius 2 is 1.52 bits per heavy atom. The number of hydrogen-bond acceptors (Lipinski definition) is 4. The fourth-order valence-electron chi connectivity index (χ4n) is 3.51. The highest BCUT2D eigenvalue weighted by molar-refractivity contribution is 7.92. The minimum absolute atomic E-state index is 0.0771. The maximum atomic E-state index is 13.5. The van der Waals surface area contributed by atoms with E-state index < -0.39 is 15.9 Å². The molecule has 1 amide bonds. The number of rotatable bonds is 8.